The Hall–Kier alpha value is -0.900. The first-order valence-electron chi connectivity index (χ1n) is 5.24. The van der Waals surface area contributed by atoms with Gasteiger partial charge in [-0.3, -0.25) is 0 Å². The zero-order valence-corrected chi connectivity index (χ0v) is 10.3. The summed E-state index contributed by atoms with van der Waals surface area (Å²) >= 11 is 1.94. The van der Waals surface area contributed by atoms with E-state index in [4.69, 9.17) is 0 Å². The lowest BCUT2D eigenvalue weighted by Gasteiger charge is -2.14. The standard InChI is InChI=1S/C11H19N3S/c1-4-7-14-8-6-12-11(14)13-10(3)9-15-5-2/h4,6,8,10H,1,5,7,9H2,2-3H3,(H,12,13). The minimum atomic E-state index is 0.445. The van der Waals surface area contributed by atoms with Crippen molar-refractivity contribution in [2.45, 2.75) is 26.4 Å². The summed E-state index contributed by atoms with van der Waals surface area (Å²) in [4.78, 5) is 4.28. The third-order valence-electron chi connectivity index (χ3n) is 1.99. The van der Waals surface area contributed by atoms with E-state index in [1.54, 1.807) is 0 Å². The van der Waals surface area contributed by atoms with E-state index in [0.29, 0.717) is 6.04 Å². The van der Waals surface area contributed by atoms with Crippen LogP contribution in [0, 0.1) is 0 Å². The van der Waals surface area contributed by atoms with E-state index in [1.165, 1.54) is 0 Å². The van der Waals surface area contributed by atoms with Gasteiger partial charge in [0.15, 0.2) is 0 Å². The molecule has 0 aliphatic heterocycles. The average molecular weight is 225 g/mol. The first-order valence-corrected chi connectivity index (χ1v) is 6.39. The quantitative estimate of drug-likeness (QED) is 0.723. The number of nitrogens with one attached hydrogen (secondary N) is 1. The highest BCUT2D eigenvalue weighted by Gasteiger charge is 2.05. The smallest absolute Gasteiger partial charge is 0.203 e. The lowest BCUT2D eigenvalue weighted by atomic mass is 10.4. The Labute approximate surface area is 96.0 Å². The topological polar surface area (TPSA) is 29.9 Å². The van der Waals surface area contributed by atoms with Crippen LogP contribution in [0.1, 0.15) is 13.8 Å². The van der Waals surface area contributed by atoms with E-state index < -0.39 is 0 Å². The predicted octanol–water partition coefficient (Wildman–Crippen LogP) is 2.62. The fraction of sp³-hybridized carbons (Fsp3) is 0.545. The Morgan fingerprint density at radius 1 is 1.73 bits per heavy atom. The van der Waals surface area contributed by atoms with Gasteiger partial charge in [0.05, 0.1) is 0 Å². The lowest BCUT2D eigenvalue weighted by molar-refractivity contribution is 0.793. The van der Waals surface area contributed by atoms with Crippen molar-refractivity contribution >= 4 is 17.7 Å². The number of anilines is 1. The Balaban J connectivity index is 2.47. The fourth-order valence-corrected chi connectivity index (χ4v) is 1.97. The highest BCUT2D eigenvalue weighted by atomic mass is 32.2. The van der Waals surface area contributed by atoms with E-state index in [2.05, 4.69) is 35.3 Å². The number of rotatable bonds is 7. The molecule has 0 saturated carbocycles. The monoisotopic (exact) mass is 225 g/mol. The van der Waals surface area contributed by atoms with Crippen LogP contribution in [0.5, 0.6) is 0 Å². The van der Waals surface area contributed by atoms with Gasteiger partial charge in [-0.25, -0.2) is 4.98 Å². The van der Waals surface area contributed by atoms with Crippen molar-refractivity contribution in [3.05, 3.63) is 25.0 Å². The maximum atomic E-state index is 4.28. The molecule has 0 amide bonds. The fourth-order valence-electron chi connectivity index (χ4n) is 1.29. The van der Waals surface area contributed by atoms with Crippen molar-refractivity contribution in [2.24, 2.45) is 0 Å². The summed E-state index contributed by atoms with van der Waals surface area (Å²) in [7, 11) is 0. The summed E-state index contributed by atoms with van der Waals surface area (Å²) < 4.78 is 2.06. The molecule has 1 heterocycles. The van der Waals surface area contributed by atoms with Gasteiger partial charge < -0.3 is 9.88 Å². The van der Waals surface area contributed by atoms with E-state index in [1.807, 2.05) is 30.2 Å². The van der Waals surface area contributed by atoms with E-state index in [-0.39, 0.29) is 0 Å². The molecule has 0 fully saturated rings. The molecule has 0 bridgehead atoms. The van der Waals surface area contributed by atoms with E-state index in [9.17, 15) is 0 Å². The van der Waals surface area contributed by atoms with Crippen LogP contribution in [0.15, 0.2) is 25.0 Å². The maximum Gasteiger partial charge on any atom is 0.203 e. The molecule has 0 aromatic carbocycles. The summed E-state index contributed by atoms with van der Waals surface area (Å²) in [6, 6.07) is 0.445. The normalized spacial score (nSPS) is 12.4. The van der Waals surface area contributed by atoms with Gasteiger partial charge in [-0.15, -0.1) is 6.58 Å². The second-order valence-electron chi connectivity index (χ2n) is 3.40. The molecule has 0 aliphatic carbocycles. The third kappa shape index (κ3) is 4.00. The summed E-state index contributed by atoms with van der Waals surface area (Å²) in [5.74, 6) is 3.20. The number of nitrogens with zero attached hydrogens (tertiary/aromatic N) is 2. The molecule has 1 rings (SSSR count). The molecule has 1 N–H and O–H groups in total. The predicted molar refractivity (Wildman–Crippen MR) is 68.5 cm³/mol. The Morgan fingerprint density at radius 3 is 3.20 bits per heavy atom. The highest BCUT2D eigenvalue weighted by Crippen LogP contribution is 2.09. The van der Waals surface area contributed by atoms with Gasteiger partial charge in [0.2, 0.25) is 5.95 Å². The van der Waals surface area contributed by atoms with Crippen LogP contribution in [0.2, 0.25) is 0 Å². The highest BCUT2D eigenvalue weighted by molar-refractivity contribution is 7.99. The molecule has 1 atom stereocenters. The molecule has 0 spiro atoms. The van der Waals surface area contributed by atoms with Crippen molar-refractivity contribution in [2.75, 3.05) is 16.8 Å². The van der Waals surface area contributed by atoms with Crippen LogP contribution in [0.3, 0.4) is 0 Å². The molecule has 15 heavy (non-hydrogen) atoms. The molecule has 0 saturated heterocycles. The molecule has 1 aromatic heterocycles. The van der Waals surface area contributed by atoms with Crippen LogP contribution in [0.4, 0.5) is 5.95 Å². The van der Waals surface area contributed by atoms with Gasteiger partial charge in [0, 0.05) is 30.7 Å². The minimum absolute atomic E-state index is 0.445. The van der Waals surface area contributed by atoms with Gasteiger partial charge >= 0.3 is 0 Å². The summed E-state index contributed by atoms with van der Waals surface area (Å²) in [5.41, 5.74) is 0. The second kappa shape index (κ2) is 6.56. The van der Waals surface area contributed by atoms with Crippen molar-refractivity contribution in [1.29, 1.82) is 0 Å². The van der Waals surface area contributed by atoms with Gasteiger partial charge in [-0.2, -0.15) is 11.8 Å². The molecule has 84 valence electrons. The molecule has 0 radical (unpaired) electrons. The van der Waals surface area contributed by atoms with Crippen molar-refractivity contribution < 1.29 is 0 Å². The Morgan fingerprint density at radius 2 is 2.53 bits per heavy atom. The van der Waals surface area contributed by atoms with Gasteiger partial charge in [0.25, 0.3) is 0 Å². The minimum Gasteiger partial charge on any atom is -0.352 e. The summed E-state index contributed by atoms with van der Waals surface area (Å²) in [6.45, 7) is 8.88. The third-order valence-corrected chi connectivity index (χ3v) is 3.13. The number of hydrogen-bond acceptors (Lipinski definition) is 3. The first kappa shape index (κ1) is 12.2. The van der Waals surface area contributed by atoms with Crippen LogP contribution >= 0.6 is 11.8 Å². The zero-order valence-electron chi connectivity index (χ0n) is 9.44. The summed E-state index contributed by atoms with van der Waals surface area (Å²) in [5, 5.41) is 3.39. The van der Waals surface area contributed by atoms with Gasteiger partial charge in [0.1, 0.15) is 0 Å². The Kier molecular flexibility index (Phi) is 5.32. The number of imidazole rings is 1. The van der Waals surface area contributed by atoms with Crippen LogP contribution in [0.25, 0.3) is 0 Å². The van der Waals surface area contributed by atoms with Crippen LogP contribution in [-0.2, 0) is 6.54 Å². The van der Waals surface area contributed by atoms with E-state index in [0.717, 1.165) is 24.0 Å². The molecule has 1 unspecified atom stereocenters. The maximum absolute atomic E-state index is 4.28. The zero-order chi connectivity index (χ0) is 11.1. The number of allylic oxidation sites excluding steroid dienone is 1. The number of hydrogen-bond donors (Lipinski definition) is 1. The SMILES string of the molecule is C=CCn1ccnc1NC(C)CSCC. The number of thioether (sulfide) groups is 1. The van der Waals surface area contributed by atoms with Crippen LogP contribution in [-0.4, -0.2) is 27.1 Å². The van der Waals surface area contributed by atoms with Crippen molar-refractivity contribution in [3.63, 3.8) is 0 Å². The van der Waals surface area contributed by atoms with Gasteiger partial charge in [-0.05, 0) is 12.7 Å². The molecular formula is C11H19N3S. The van der Waals surface area contributed by atoms with Crippen molar-refractivity contribution in [3.8, 4) is 0 Å². The molecular weight excluding hydrogens is 206 g/mol. The van der Waals surface area contributed by atoms with Crippen LogP contribution < -0.4 is 5.32 Å². The largest absolute Gasteiger partial charge is 0.352 e. The van der Waals surface area contributed by atoms with Gasteiger partial charge in [-0.1, -0.05) is 13.0 Å². The molecule has 3 nitrogen and oxygen atoms in total. The Bertz CT molecular complexity index is 296. The molecule has 1 aromatic rings. The average Bonchev–Trinajstić information content (AvgIpc) is 2.63. The van der Waals surface area contributed by atoms with Crippen molar-refractivity contribution in [1.82, 2.24) is 9.55 Å². The second-order valence-corrected chi connectivity index (χ2v) is 4.72. The molecule has 0 aliphatic rings. The number of aromatic nitrogens is 2. The summed E-state index contributed by atoms with van der Waals surface area (Å²) in [6.07, 6.45) is 5.65. The lowest BCUT2D eigenvalue weighted by Crippen LogP contribution is -2.20. The molecule has 4 heteroatoms. The first-order chi connectivity index (χ1) is 7.27. The van der Waals surface area contributed by atoms with E-state index >= 15 is 0 Å².